The number of amides is 1. The lowest BCUT2D eigenvalue weighted by atomic mass is 10.2. The highest BCUT2D eigenvalue weighted by Crippen LogP contribution is 2.15. The first-order valence-corrected chi connectivity index (χ1v) is 8.55. The van der Waals surface area contributed by atoms with Gasteiger partial charge in [0.25, 0.3) is 5.56 Å². The molecule has 7 nitrogen and oxygen atoms in total. The molecule has 1 heterocycles. The van der Waals surface area contributed by atoms with Gasteiger partial charge >= 0.3 is 5.97 Å². The van der Waals surface area contributed by atoms with Gasteiger partial charge in [-0.1, -0.05) is 18.2 Å². The molecule has 2 aromatic carbocycles. The van der Waals surface area contributed by atoms with E-state index < -0.39 is 17.9 Å². The predicted molar refractivity (Wildman–Crippen MR) is 102 cm³/mol. The van der Waals surface area contributed by atoms with Crippen LogP contribution in [0.5, 0.6) is 0 Å². The number of benzene rings is 2. The van der Waals surface area contributed by atoms with Gasteiger partial charge < -0.3 is 10.1 Å². The zero-order valence-corrected chi connectivity index (χ0v) is 15.0. The standard InChI is InChI=1S/C20H19N3O4/c1-3-27-20(26)14-7-6-8-15(11-14)22-18(24)13(2)23-12-21-17-10-5-4-9-16(17)19(23)25/h4-13H,3H2,1-2H3,(H,22,24)/t13-/m0/s1. The molecule has 1 aromatic heterocycles. The van der Waals surface area contributed by atoms with Crippen LogP contribution in [0.4, 0.5) is 5.69 Å². The molecule has 3 aromatic rings. The van der Waals surface area contributed by atoms with Gasteiger partial charge in [-0.15, -0.1) is 0 Å². The van der Waals surface area contributed by atoms with Gasteiger partial charge in [0.15, 0.2) is 0 Å². The maximum Gasteiger partial charge on any atom is 0.338 e. The number of carbonyl (C=O) groups excluding carboxylic acids is 2. The summed E-state index contributed by atoms with van der Waals surface area (Å²) in [7, 11) is 0. The van der Waals surface area contributed by atoms with E-state index in [1.807, 2.05) is 0 Å². The Balaban J connectivity index is 1.83. The summed E-state index contributed by atoms with van der Waals surface area (Å²) in [5.41, 5.74) is 1.07. The fourth-order valence-electron chi connectivity index (χ4n) is 2.67. The molecular formula is C20H19N3O4. The summed E-state index contributed by atoms with van der Waals surface area (Å²) in [5.74, 6) is -0.855. The molecule has 0 unspecified atom stereocenters. The second-order valence-electron chi connectivity index (χ2n) is 5.94. The number of hydrogen-bond acceptors (Lipinski definition) is 5. The first-order valence-electron chi connectivity index (χ1n) is 8.55. The number of nitrogens with one attached hydrogen (secondary N) is 1. The molecule has 138 valence electrons. The van der Waals surface area contributed by atoms with Gasteiger partial charge in [0, 0.05) is 5.69 Å². The van der Waals surface area contributed by atoms with Crippen molar-refractivity contribution in [3.63, 3.8) is 0 Å². The Hall–Kier alpha value is -3.48. The molecule has 1 amide bonds. The van der Waals surface area contributed by atoms with Crippen molar-refractivity contribution >= 4 is 28.5 Å². The van der Waals surface area contributed by atoms with Crippen LogP contribution in [-0.4, -0.2) is 28.0 Å². The largest absolute Gasteiger partial charge is 0.462 e. The lowest BCUT2D eigenvalue weighted by molar-refractivity contribution is -0.118. The quantitative estimate of drug-likeness (QED) is 0.702. The molecule has 27 heavy (non-hydrogen) atoms. The van der Waals surface area contributed by atoms with E-state index in [-0.39, 0.29) is 12.2 Å². The van der Waals surface area contributed by atoms with Crippen molar-refractivity contribution in [1.82, 2.24) is 9.55 Å². The van der Waals surface area contributed by atoms with Crippen molar-refractivity contribution in [2.24, 2.45) is 0 Å². The number of fused-ring (bicyclic) bond motifs is 1. The Morgan fingerprint density at radius 2 is 1.96 bits per heavy atom. The van der Waals surface area contributed by atoms with Gasteiger partial charge in [0.2, 0.25) is 5.91 Å². The molecular weight excluding hydrogens is 346 g/mol. The van der Waals surface area contributed by atoms with Crippen LogP contribution in [-0.2, 0) is 9.53 Å². The van der Waals surface area contributed by atoms with Gasteiger partial charge in [0.1, 0.15) is 6.04 Å². The summed E-state index contributed by atoms with van der Waals surface area (Å²) in [4.78, 5) is 41.3. The lowest BCUT2D eigenvalue weighted by Gasteiger charge is -2.15. The fraction of sp³-hybridized carbons (Fsp3) is 0.200. The molecule has 0 bridgehead atoms. The summed E-state index contributed by atoms with van der Waals surface area (Å²) in [6.45, 7) is 3.60. The fourth-order valence-corrected chi connectivity index (χ4v) is 2.67. The van der Waals surface area contributed by atoms with Gasteiger partial charge in [-0.25, -0.2) is 9.78 Å². The Morgan fingerprint density at radius 3 is 2.74 bits per heavy atom. The van der Waals surface area contributed by atoms with Crippen LogP contribution >= 0.6 is 0 Å². The maximum absolute atomic E-state index is 12.6. The number of esters is 1. The van der Waals surface area contributed by atoms with E-state index >= 15 is 0 Å². The van der Waals surface area contributed by atoms with Crippen LogP contribution in [0.15, 0.2) is 59.7 Å². The van der Waals surface area contributed by atoms with Crippen molar-refractivity contribution < 1.29 is 14.3 Å². The van der Waals surface area contributed by atoms with Crippen molar-refractivity contribution in [3.8, 4) is 0 Å². The van der Waals surface area contributed by atoms with E-state index in [0.29, 0.717) is 22.2 Å². The Kier molecular flexibility index (Phi) is 5.30. The Labute approximate surface area is 155 Å². The summed E-state index contributed by atoms with van der Waals surface area (Å²) < 4.78 is 6.24. The van der Waals surface area contributed by atoms with E-state index in [1.165, 1.54) is 17.0 Å². The molecule has 0 saturated carbocycles. The normalized spacial score (nSPS) is 11.8. The molecule has 0 aliphatic heterocycles. The minimum Gasteiger partial charge on any atom is -0.462 e. The molecule has 0 saturated heterocycles. The monoisotopic (exact) mass is 365 g/mol. The average Bonchev–Trinajstić information content (AvgIpc) is 2.68. The molecule has 0 spiro atoms. The Morgan fingerprint density at radius 1 is 1.19 bits per heavy atom. The number of anilines is 1. The third kappa shape index (κ3) is 3.87. The molecule has 0 fully saturated rings. The zero-order chi connectivity index (χ0) is 19.4. The van der Waals surface area contributed by atoms with Crippen LogP contribution in [0.3, 0.4) is 0 Å². The number of para-hydroxylation sites is 1. The van der Waals surface area contributed by atoms with Gasteiger partial charge in [0.05, 0.1) is 29.4 Å². The third-order valence-corrected chi connectivity index (χ3v) is 4.13. The van der Waals surface area contributed by atoms with Gasteiger partial charge in [-0.2, -0.15) is 0 Å². The van der Waals surface area contributed by atoms with Gasteiger partial charge in [-0.3, -0.25) is 14.2 Å². The van der Waals surface area contributed by atoms with Gasteiger partial charge in [-0.05, 0) is 44.2 Å². The van der Waals surface area contributed by atoms with E-state index in [1.54, 1.807) is 56.3 Å². The molecule has 7 heteroatoms. The predicted octanol–water partition coefficient (Wildman–Crippen LogP) is 2.77. The minimum atomic E-state index is -0.777. The molecule has 3 rings (SSSR count). The zero-order valence-electron chi connectivity index (χ0n) is 15.0. The van der Waals surface area contributed by atoms with Crippen LogP contribution in [0.1, 0.15) is 30.2 Å². The van der Waals surface area contributed by atoms with Crippen molar-refractivity contribution in [2.45, 2.75) is 19.9 Å². The number of carbonyl (C=O) groups is 2. The van der Waals surface area contributed by atoms with Crippen molar-refractivity contribution in [2.75, 3.05) is 11.9 Å². The second-order valence-corrected chi connectivity index (χ2v) is 5.94. The summed E-state index contributed by atoms with van der Waals surface area (Å²) >= 11 is 0. The van der Waals surface area contributed by atoms with Crippen LogP contribution in [0, 0.1) is 0 Å². The summed E-state index contributed by atoms with van der Waals surface area (Å²) in [6.07, 6.45) is 1.37. The average molecular weight is 365 g/mol. The lowest BCUT2D eigenvalue weighted by Crippen LogP contribution is -2.31. The van der Waals surface area contributed by atoms with Crippen molar-refractivity contribution in [3.05, 3.63) is 70.8 Å². The highest BCUT2D eigenvalue weighted by molar-refractivity contribution is 5.96. The SMILES string of the molecule is CCOC(=O)c1cccc(NC(=O)[C@H](C)n2cnc3ccccc3c2=O)c1. The summed E-state index contributed by atoms with van der Waals surface area (Å²) in [5, 5.41) is 3.17. The molecule has 1 atom stereocenters. The smallest absolute Gasteiger partial charge is 0.338 e. The highest BCUT2D eigenvalue weighted by atomic mass is 16.5. The molecule has 0 aliphatic carbocycles. The van der Waals surface area contributed by atoms with Crippen molar-refractivity contribution in [1.29, 1.82) is 0 Å². The van der Waals surface area contributed by atoms with Crippen LogP contribution in [0.2, 0.25) is 0 Å². The minimum absolute atomic E-state index is 0.268. The van der Waals surface area contributed by atoms with Crippen LogP contribution < -0.4 is 10.9 Å². The van der Waals surface area contributed by atoms with E-state index in [2.05, 4.69) is 10.3 Å². The number of rotatable bonds is 5. The third-order valence-electron chi connectivity index (χ3n) is 4.13. The number of nitrogens with zero attached hydrogens (tertiary/aromatic N) is 2. The Bertz CT molecular complexity index is 1060. The first-order chi connectivity index (χ1) is 13.0. The summed E-state index contributed by atoms with van der Waals surface area (Å²) in [6, 6.07) is 12.6. The van der Waals surface area contributed by atoms with Crippen LogP contribution in [0.25, 0.3) is 10.9 Å². The number of aromatic nitrogens is 2. The molecule has 1 N–H and O–H groups in total. The number of hydrogen-bond donors (Lipinski definition) is 1. The molecule has 0 aliphatic rings. The topological polar surface area (TPSA) is 90.3 Å². The highest BCUT2D eigenvalue weighted by Gasteiger charge is 2.18. The van der Waals surface area contributed by atoms with E-state index in [9.17, 15) is 14.4 Å². The first kappa shape index (κ1) is 18.3. The van der Waals surface area contributed by atoms with E-state index in [0.717, 1.165) is 0 Å². The number of ether oxygens (including phenoxy) is 1. The maximum atomic E-state index is 12.6. The molecule has 0 radical (unpaired) electrons. The second kappa shape index (κ2) is 7.82. The van der Waals surface area contributed by atoms with E-state index in [4.69, 9.17) is 4.74 Å².